The summed E-state index contributed by atoms with van der Waals surface area (Å²) in [4.78, 5) is 34.7. The number of halogens is 1. The fourth-order valence-electron chi connectivity index (χ4n) is 5.07. The molecule has 2 amide bonds. The summed E-state index contributed by atoms with van der Waals surface area (Å²) in [5.74, 6) is 0.378. The molecule has 1 unspecified atom stereocenters. The number of carbonyl (C=O) groups excluding carboxylic acids is 1. The Morgan fingerprint density at radius 1 is 1.15 bits per heavy atom. The summed E-state index contributed by atoms with van der Waals surface area (Å²) >= 11 is 0. The van der Waals surface area contributed by atoms with Gasteiger partial charge in [-0.2, -0.15) is 0 Å². The van der Waals surface area contributed by atoms with Crippen molar-refractivity contribution in [1.82, 2.24) is 19.4 Å². The summed E-state index contributed by atoms with van der Waals surface area (Å²) in [6.45, 7) is 4.60. The lowest BCUT2D eigenvalue weighted by Gasteiger charge is -2.33. The fourth-order valence-corrected chi connectivity index (χ4v) is 5.07. The number of piperazine rings is 1. The average molecular weight is 466 g/mol. The van der Waals surface area contributed by atoms with Gasteiger partial charge in [-0.1, -0.05) is 12.1 Å². The molecule has 9 heteroatoms. The van der Waals surface area contributed by atoms with Crippen LogP contribution in [0.2, 0.25) is 0 Å². The molecule has 1 aromatic carbocycles. The molecule has 1 atom stereocenters. The summed E-state index contributed by atoms with van der Waals surface area (Å²) in [6, 6.07) is 10.2. The van der Waals surface area contributed by atoms with E-state index in [9.17, 15) is 19.1 Å². The molecule has 1 fully saturated rings. The molecule has 178 valence electrons. The van der Waals surface area contributed by atoms with Crippen LogP contribution in [-0.4, -0.2) is 68.7 Å². The molecule has 2 aliphatic heterocycles. The van der Waals surface area contributed by atoms with Crippen molar-refractivity contribution in [2.45, 2.75) is 32.4 Å². The Balaban J connectivity index is 1.31. The highest BCUT2D eigenvalue weighted by atomic mass is 19.1. The van der Waals surface area contributed by atoms with Crippen molar-refractivity contribution in [3.63, 3.8) is 0 Å². The zero-order chi connectivity index (χ0) is 24.0. The molecule has 0 spiro atoms. The van der Waals surface area contributed by atoms with Crippen molar-refractivity contribution in [3.05, 3.63) is 59.0 Å². The van der Waals surface area contributed by atoms with Crippen molar-refractivity contribution >= 4 is 28.9 Å². The quantitative estimate of drug-likeness (QED) is 0.641. The first-order chi connectivity index (χ1) is 16.3. The summed E-state index contributed by atoms with van der Waals surface area (Å²) in [5.41, 5.74) is 3.91. The van der Waals surface area contributed by atoms with Gasteiger partial charge in [0.1, 0.15) is 17.3 Å². The van der Waals surface area contributed by atoms with E-state index in [0.29, 0.717) is 31.9 Å². The number of carbonyl (C=O) groups is 2. The van der Waals surface area contributed by atoms with Crippen LogP contribution < -0.4 is 4.90 Å². The topological polar surface area (TPSA) is 81.9 Å². The van der Waals surface area contributed by atoms with E-state index in [2.05, 4.69) is 4.90 Å². The molecule has 0 radical (unpaired) electrons. The van der Waals surface area contributed by atoms with E-state index in [4.69, 9.17) is 4.98 Å². The summed E-state index contributed by atoms with van der Waals surface area (Å²) < 4.78 is 15.1. The van der Waals surface area contributed by atoms with E-state index in [0.717, 1.165) is 47.4 Å². The molecule has 2 aromatic heterocycles. The predicted molar refractivity (Wildman–Crippen MR) is 126 cm³/mol. The molecule has 2 aliphatic rings. The molecule has 0 aliphatic carbocycles. The first-order valence-electron chi connectivity index (χ1n) is 11.6. The number of hydrogen-bond acceptors (Lipinski definition) is 4. The maximum Gasteiger partial charge on any atom is 0.407 e. The molecule has 1 N–H and O–H groups in total. The second-order valence-electron chi connectivity index (χ2n) is 9.19. The minimum Gasteiger partial charge on any atom is -0.465 e. The second kappa shape index (κ2) is 8.72. The zero-order valence-corrected chi connectivity index (χ0v) is 19.4. The number of amides is 2. The number of nitrogens with zero attached hydrogens (tertiary/aromatic N) is 5. The molecule has 1 saturated heterocycles. The number of anilines is 1. The predicted octanol–water partition coefficient (Wildman–Crippen LogP) is 3.03. The highest BCUT2D eigenvalue weighted by Gasteiger charge is 2.32. The van der Waals surface area contributed by atoms with Crippen LogP contribution >= 0.6 is 0 Å². The second-order valence-corrected chi connectivity index (χ2v) is 9.19. The number of hydrogen-bond donors (Lipinski definition) is 1. The number of pyridine rings is 1. The van der Waals surface area contributed by atoms with E-state index in [-0.39, 0.29) is 17.8 Å². The maximum absolute atomic E-state index is 13.1. The van der Waals surface area contributed by atoms with Crippen LogP contribution in [0.15, 0.2) is 36.4 Å². The Labute approximate surface area is 197 Å². The van der Waals surface area contributed by atoms with Gasteiger partial charge >= 0.3 is 6.09 Å². The molecule has 34 heavy (non-hydrogen) atoms. The van der Waals surface area contributed by atoms with Crippen molar-refractivity contribution in [3.8, 4) is 0 Å². The first kappa shape index (κ1) is 22.3. The Kier molecular flexibility index (Phi) is 5.73. The van der Waals surface area contributed by atoms with E-state index in [1.165, 1.54) is 17.0 Å². The maximum atomic E-state index is 13.1. The van der Waals surface area contributed by atoms with Crippen molar-refractivity contribution in [2.75, 3.05) is 31.1 Å². The number of aromatic nitrogens is 2. The largest absolute Gasteiger partial charge is 0.465 e. The van der Waals surface area contributed by atoms with Gasteiger partial charge in [0.2, 0.25) is 5.91 Å². The summed E-state index contributed by atoms with van der Waals surface area (Å²) in [6.07, 6.45) is 0.483. The van der Waals surface area contributed by atoms with Crippen LogP contribution in [0.25, 0.3) is 11.0 Å². The standard InChI is InChI=1S/C25H28FN5O3/c1-16-13-21-20(14-31(16)25(33)34)19-7-8-22(27-24(19)28(21)2)30-12-11-29(15-23(30)32)10-9-17-3-5-18(26)6-4-17/h3-8,16H,9-15H2,1-2H3,(H,33,34). The van der Waals surface area contributed by atoms with Gasteiger partial charge < -0.3 is 14.6 Å². The SMILES string of the molecule is CC1Cc2c(c3ccc(N4CCN(CCc5ccc(F)cc5)CC4=O)nc3n2C)CN1C(=O)O. The molecular weight excluding hydrogens is 437 g/mol. The number of carboxylic acid groups (broad SMARTS) is 1. The van der Waals surface area contributed by atoms with Crippen molar-refractivity contribution in [1.29, 1.82) is 0 Å². The van der Waals surface area contributed by atoms with Gasteiger partial charge in [0.05, 0.1) is 13.1 Å². The Bertz CT molecular complexity index is 1260. The number of rotatable bonds is 4. The molecule has 0 saturated carbocycles. The Morgan fingerprint density at radius 3 is 2.62 bits per heavy atom. The van der Waals surface area contributed by atoms with Gasteiger partial charge in [0.15, 0.2) is 0 Å². The van der Waals surface area contributed by atoms with E-state index < -0.39 is 6.09 Å². The summed E-state index contributed by atoms with van der Waals surface area (Å²) in [5, 5.41) is 10.5. The van der Waals surface area contributed by atoms with Gasteiger partial charge in [0.25, 0.3) is 0 Å². The first-order valence-corrected chi connectivity index (χ1v) is 11.6. The number of aryl methyl sites for hydroxylation is 1. The monoisotopic (exact) mass is 465 g/mol. The molecular formula is C25H28FN5O3. The lowest BCUT2D eigenvalue weighted by atomic mass is 10.00. The van der Waals surface area contributed by atoms with Crippen LogP contribution in [0.3, 0.4) is 0 Å². The van der Waals surface area contributed by atoms with Gasteiger partial charge in [-0.25, -0.2) is 14.2 Å². The number of benzene rings is 1. The van der Waals surface area contributed by atoms with Crippen LogP contribution in [0.4, 0.5) is 15.0 Å². The molecule has 0 bridgehead atoms. The summed E-state index contributed by atoms with van der Waals surface area (Å²) in [7, 11) is 1.95. The van der Waals surface area contributed by atoms with Crippen LogP contribution in [0.5, 0.6) is 0 Å². The van der Waals surface area contributed by atoms with Crippen molar-refractivity contribution in [2.24, 2.45) is 7.05 Å². The van der Waals surface area contributed by atoms with Gasteiger partial charge in [-0.15, -0.1) is 0 Å². The highest BCUT2D eigenvalue weighted by Crippen LogP contribution is 2.33. The third-order valence-corrected chi connectivity index (χ3v) is 7.06. The van der Waals surface area contributed by atoms with Gasteiger partial charge in [-0.3, -0.25) is 14.6 Å². The minimum atomic E-state index is -0.914. The lowest BCUT2D eigenvalue weighted by Crippen LogP contribution is -2.51. The molecule has 5 rings (SSSR count). The lowest BCUT2D eigenvalue weighted by molar-refractivity contribution is -0.121. The molecule has 3 aromatic rings. The fraction of sp³-hybridized carbons (Fsp3) is 0.400. The smallest absolute Gasteiger partial charge is 0.407 e. The Hall–Kier alpha value is -3.46. The molecule has 4 heterocycles. The third-order valence-electron chi connectivity index (χ3n) is 7.06. The van der Waals surface area contributed by atoms with Crippen LogP contribution in [-0.2, 0) is 31.2 Å². The Morgan fingerprint density at radius 2 is 1.91 bits per heavy atom. The van der Waals surface area contributed by atoms with E-state index in [1.54, 1.807) is 17.0 Å². The highest BCUT2D eigenvalue weighted by molar-refractivity contribution is 5.96. The molecule has 8 nitrogen and oxygen atoms in total. The van der Waals surface area contributed by atoms with E-state index >= 15 is 0 Å². The van der Waals surface area contributed by atoms with E-state index in [1.807, 2.05) is 30.7 Å². The van der Waals surface area contributed by atoms with Gasteiger partial charge in [0, 0.05) is 55.8 Å². The normalized spacial score (nSPS) is 19.0. The number of fused-ring (bicyclic) bond motifs is 3. The zero-order valence-electron chi connectivity index (χ0n) is 19.4. The third kappa shape index (κ3) is 4.00. The van der Waals surface area contributed by atoms with Crippen LogP contribution in [0.1, 0.15) is 23.7 Å². The average Bonchev–Trinajstić information content (AvgIpc) is 3.08. The minimum absolute atomic E-state index is 0.00172. The van der Waals surface area contributed by atoms with Gasteiger partial charge in [-0.05, 0) is 43.2 Å². The van der Waals surface area contributed by atoms with Crippen molar-refractivity contribution < 1.29 is 19.1 Å². The van der Waals surface area contributed by atoms with Crippen LogP contribution in [0, 0.1) is 5.82 Å².